The molecule has 0 saturated heterocycles. The summed E-state index contributed by atoms with van der Waals surface area (Å²) in [5.74, 6) is 1.71. The highest BCUT2D eigenvalue weighted by Gasteiger charge is 2.24. The Morgan fingerprint density at radius 3 is 1.41 bits per heavy atom. The lowest BCUT2D eigenvalue weighted by Crippen LogP contribution is -2.09. The number of rotatable bonds is 18. The standard InChI is InChI=1S/C26H46O5P/c27-25(19-11-3-9-17-23-13-5-1-6-14-23)21-30-32(29)31-22-26(28)20-12-4-10-18-24-15-7-2-8-16-24/h23-24H,1-22H2/q+1. The van der Waals surface area contributed by atoms with Gasteiger partial charge in [-0.15, -0.1) is 9.05 Å². The Morgan fingerprint density at radius 1 is 0.594 bits per heavy atom. The van der Waals surface area contributed by atoms with Crippen molar-refractivity contribution in [3.63, 3.8) is 0 Å². The molecule has 2 rings (SSSR count). The quantitative estimate of drug-likeness (QED) is 0.151. The summed E-state index contributed by atoms with van der Waals surface area (Å²) in [6.07, 6.45) is 23.6. The van der Waals surface area contributed by atoms with E-state index >= 15 is 0 Å². The third-order valence-electron chi connectivity index (χ3n) is 7.25. The van der Waals surface area contributed by atoms with Crippen LogP contribution in [0.4, 0.5) is 0 Å². The molecule has 2 saturated carbocycles. The average Bonchev–Trinajstić information content (AvgIpc) is 2.82. The van der Waals surface area contributed by atoms with Crippen LogP contribution in [0.2, 0.25) is 0 Å². The van der Waals surface area contributed by atoms with Crippen LogP contribution in [0.15, 0.2) is 0 Å². The number of hydrogen-bond donors (Lipinski definition) is 0. The first-order valence-electron chi connectivity index (χ1n) is 13.4. The van der Waals surface area contributed by atoms with E-state index in [9.17, 15) is 14.2 Å². The van der Waals surface area contributed by atoms with E-state index in [1.807, 2.05) is 0 Å². The predicted molar refractivity (Wildman–Crippen MR) is 129 cm³/mol. The van der Waals surface area contributed by atoms with Gasteiger partial charge in [-0.1, -0.05) is 103 Å². The zero-order valence-electron chi connectivity index (χ0n) is 20.2. The summed E-state index contributed by atoms with van der Waals surface area (Å²) in [7, 11) is -2.40. The largest absolute Gasteiger partial charge is 0.698 e. The van der Waals surface area contributed by atoms with Gasteiger partial charge in [-0.05, 0) is 24.7 Å². The van der Waals surface area contributed by atoms with E-state index in [4.69, 9.17) is 9.05 Å². The third kappa shape index (κ3) is 13.8. The molecule has 32 heavy (non-hydrogen) atoms. The molecule has 0 atom stereocenters. The highest BCUT2D eigenvalue weighted by Crippen LogP contribution is 2.29. The first kappa shape index (κ1) is 27.6. The maximum Gasteiger partial charge on any atom is 0.698 e. The van der Waals surface area contributed by atoms with Crippen LogP contribution < -0.4 is 0 Å². The zero-order valence-corrected chi connectivity index (χ0v) is 21.1. The van der Waals surface area contributed by atoms with Crippen molar-refractivity contribution in [2.75, 3.05) is 13.2 Å². The minimum absolute atomic E-state index is 0.0427. The zero-order chi connectivity index (χ0) is 22.9. The molecule has 184 valence electrons. The maximum atomic E-state index is 11.9. The van der Waals surface area contributed by atoms with Crippen molar-refractivity contribution in [1.82, 2.24) is 0 Å². The number of carbonyl (C=O) groups is 2. The Hall–Kier alpha value is -0.640. The fraction of sp³-hybridized carbons (Fsp3) is 0.923. The van der Waals surface area contributed by atoms with E-state index in [1.165, 1.54) is 89.9 Å². The van der Waals surface area contributed by atoms with Crippen LogP contribution in [-0.2, 0) is 23.2 Å². The topological polar surface area (TPSA) is 69.7 Å². The Bertz CT molecular complexity index is 492. The molecule has 2 fully saturated rings. The first-order chi connectivity index (χ1) is 15.6. The van der Waals surface area contributed by atoms with Gasteiger partial charge in [0.15, 0.2) is 24.8 Å². The Kier molecular flexibility index (Phi) is 15.3. The molecular weight excluding hydrogens is 423 g/mol. The summed E-state index contributed by atoms with van der Waals surface area (Å²) < 4.78 is 21.8. The van der Waals surface area contributed by atoms with Crippen LogP contribution in [0.3, 0.4) is 0 Å². The second-order valence-electron chi connectivity index (χ2n) is 10.1. The summed E-state index contributed by atoms with van der Waals surface area (Å²) in [4.78, 5) is 23.8. The highest BCUT2D eigenvalue weighted by molar-refractivity contribution is 7.33. The Balaban J connectivity index is 1.37. The predicted octanol–water partition coefficient (Wildman–Crippen LogP) is 7.88. The molecule has 0 bridgehead atoms. The van der Waals surface area contributed by atoms with Crippen molar-refractivity contribution in [2.24, 2.45) is 11.8 Å². The van der Waals surface area contributed by atoms with Crippen molar-refractivity contribution in [3.05, 3.63) is 0 Å². The minimum Gasteiger partial charge on any atom is -0.297 e. The van der Waals surface area contributed by atoms with Crippen molar-refractivity contribution >= 4 is 19.8 Å². The summed E-state index contributed by atoms with van der Waals surface area (Å²) >= 11 is 0. The molecule has 0 radical (unpaired) electrons. The van der Waals surface area contributed by atoms with Gasteiger partial charge in [0.25, 0.3) is 0 Å². The minimum atomic E-state index is -2.40. The molecule has 6 heteroatoms. The normalized spacial score (nSPS) is 18.0. The molecule has 2 aliphatic rings. The van der Waals surface area contributed by atoms with Crippen molar-refractivity contribution in [3.8, 4) is 0 Å². The smallest absolute Gasteiger partial charge is 0.297 e. The molecular formula is C26H46O5P+. The number of carbonyl (C=O) groups excluding carboxylic acids is 2. The monoisotopic (exact) mass is 469 g/mol. The first-order valence-corrected chi connectivity index (χ1v) is 14.5. The Labute approximate surface area is 196 Å². The molecule has 0 spiro atoms. The molecule has 0 aromatic rings. The fourth-order valence-electron chi connectivity index (χ4n) is 5.25. The lowest BCUT2D eigenvalue weighted by molar-refractivity contribution is -0.121. The summed E-state index contributed by atoms with van der Waals surface area (Å²) in [6.45, 7) is -0.375. The number of unbranched alkanes of at least 4 members (excludes halogenated alkanes) is 4. The fourth-order valence-corrected chi connectivity index (χ4v) is 5.82. The molecule has 0 aliphatic heterocycles. The van der Waals surface area contributed by atoms with E-state index in [0.717, 1.165) is 37.5 Å². The number of hydrogen-bond acceptors (Lipinski definition) is 5. The highest BCUT2D eigenvalue weighted by atomic mass is 31.1. The summed E-state index contributed by atoms with van der Waals surface area (Å²) in [5, 5.41) is 0. The molecule has 0 aromatic heterocycles. The van der Waals surface area contributed by atoms with Gasteiger partial charge in [-0.3, -0.25) is 9.59 Å². The Morgan fingerprint density at radius 2 is 1.00 bits per heavy atom. The average molecular weight is 470 g/mol. The van der Waals surface area contributed by atoms with Crippen LogP contribution in [0.5, 0.6) is 0 Å². The van der Waals surface area contributed by atoms with E-state index in [0.29, 0.717) is 12.8 Å². The van der Waals surface area contributed by atoms with Crippen molar-refractivity contribution in [2.45, 2.75) is 128 Å². The van der Waals surface area contributed by atoms with Gasteiger partial charge in [0.05, 0.1) is 0 Å². The molecule has 0 aromatic carbocycles. The molecule has 0 amide bonds. The maximum absolute atomic E-state index is 11.9. The van der Waals surface area contributed by atoms with E-state index in [1.54, 1.807) is 0 Å². The van der Waals surface area contributed by atoms with Gasteiger partial charge in [0, 0.05) is 17.4 Å². The molecule has 0 heterocycles. The third-order valence-corrected chi connectivity index (χ3v) is 7.93. The number of Topliss-reactive ketones (excluding diaryl/α,β-unsaturated/α-hetero) is 2. The van der Waals surface area contributed by atoms with Crippen LogP contribution >= 0.6 is 8.25 Å². The van der Waals surface area contributed by atoms with E-state index in [2.05, 4.69) is 0 Å². The van der Waals surface area contributed by atoms with Gasteiger partial charge in [-0.25, -0.2) is 0 Å². The van der Waals surface area contributed by atoms with Crippen LogP contribution in [0.1, 0.15) is 128 Å². The lowest BCUT2D eigenvalue weighted by atomic mass is 9.85. The SMILES string of the molecule is O=C(CCCCCC1CCCCC1)CO[P+](=O)OCC(=O)CCCCCC1CCCCC1. The lowest BCUT2D eigenvalue weighted by Gasteiger charge is -2.21. The van der Waals surface area contributed by atoms with Gasteiger partial charge < -0.3 is 0 Å². The van der Waals surface area contributed by atoms with E-state index in [-0.39, 0.29) is 24.8 Å². The molecule has 2 aliphatic carbocycles. The van der Waals surface area contributed by atoms with Gasteiger partial charge in [0.2, 0.25) is 0 Å². The summed E-state index contributed by atoms with van der Waals surface area (Å²) in [5.41, 5.74) is 0. The van der Waals surface area contributed by atoms with Crippen LogP contribution in [-0.4, -0.2) is 24.8 Å². The van der Waals surface area contributed by atoms with Gasteiger partial charge in [0.1, 0.15) is 0 Å². The molecule has 5 nitrogen and oxygen atoms in total. The van der Waals surface area contributed by atoms with Crippen molar-refractivity contribution < 1.29 is 23.2 Å². The second-order valence-corrected chi connectivity index (χ2v) is 11.0. The van der Waals surface area contributed by atoms with Gasteiger partial charge >= 0.3 is 8.25 Å². The van der Waals surface area contributed by atoms with Crippen molar-refractivity contribution in [1.29, 1.82) is 0 Å². The van der Waals surface area contributed by atoms with Crippen LogP contribution in [0.25, 0.3) is 0 Å². The van der Waals surface area contributed by atoms with E-state index < -0.39 is 8.25 Å². The second kappa shape index (κ2) is 17.8. The molecule has 0 unspecified atom stereocenters. The van der Waals surface area contributed by atoms with Gasteiger partial charge in [-0.2, -0.15) is 0 Å². The number of ketones is 2. The van der Waals surface area contributed by atoms with Crippen LogP contribution in [0, 0.1) is 11.8 Å². The summed E-state index contributed by atoms with van der Waals surface area (Å²) in [6, 6.07) is 0. The molecule has 0 N–H and O–H groups in total.